The van der Waals surface area contributed by atoms with E-state index in [0.717, 1.165) is 12.6 Å². The van der Waals surface area contributed by atoms with Gasteiger partial charge in [-0.05, 0) is 26.3 Å². The standard InChI is InChI=1S/C11H15FN2O.2ClH/c1-11(2)4-9(14-11)10(15)7-3-8(12)6-13-5-7;;/h3,5-6,9-10,14-15H,4H2,1-2H3;2*1H/t9?,10-;;/m0../s1. The maximum absolute atomic E-state index is 12.9. The topological polar surface area (TPSA) is 45.2 Å². The first-order chi connectivity index (χ1) is 6.98. The van der Waals surface area contributed by atoms with E-state index in [0.29, 0.717) is 5.56 Å². The molecule has 0 amide bonds. The molecule has 1 aliphatic rings. The van der Waals surface area contributed by atoms with Crippen molar-refractivity contribution in [3.63, 3.8) is 0 Å². The van der Waals surface area contributed by atoms with E-state index in [1.807, 2.05) is 0 Å². The van der Waals surface area contributed by atoms with E-state index < -0.39 is 11.9 Å². The van der Waals surface area contributed by atoms with Gasteiger partial charge in [-0.1, -0.05) is 0 Å². The van der Waals surface area contributed by atoms with Crippen LogP contribution in [-0.2, 0) is 0 Å². The number of nitrogens with one attached hydrogen (secondary N) is 1. The molecule has 0 saturated carbocycles. The normalized spacial score (nSPS) is 22.7. The number of aliphatic hydroxyl groups excluding tert-OH is 1. The van der Waals surface area contributed by atoms with E-state index >= 15 is 0 Å². The Morgan fingerprint density at radius 1 is 1.47 bits per heavy atom. The average molecular weight is 283 g/mol. The second-order valence-electron chi connectivity index (χ2n) is 4.72. The minimum atomic E-state index is -0.679. The molecule has 1 fully saturated rings. The number of halogens is 3. The Hall–Kier alpha value is -0.420. The summed E-state index contributed by atoms with van der Waals surface area (Å²) in [7, 11) is 0. The zero-order valence-electron chi connectivity index (χ0n) is 9.68. The second kappa shape index (κ2) is 5.96. The van der Waals surface area contributed by atoms with E-state index in [9.17, 15) is 9.50 Å². The number of hydrogen-bond donors (Lipinski definition) is 2. The molecule has 2 atom stereocenters. The summed E-state index contributed by atoms with van der Waals surface area (Å²) in [6.07, 6.45) is 2.83. The fraction of sp³-hybridized carbons (Fsp3) is 0.545. The lowest BCUT2D eigenvalue weighted by molar-refractivity contribution is 0.0386. The van der Waals surface area contributed by atoms with E-state index in [4.69, 9.17) is 0 Å². The first kappa shape index (κ1) is 16.6. The van der Waals surface area contributed by atoms with Crippen molar-refractivity contribution in [3.8, 4) is 0 Å². The van der Waals surface area contributed by atoms with E-state index in [2.05, 4.69) is 24.1 Å². The van der Waals surface area contributed by atoms with Gasteiger partial charge in [0.15, 0.2) is 0 Å². The molecule has 17 heavy (non-hydrogen) atoms. The maximum Gasteiger partial charge on any atom is 0.141 e. The van der Waals surface area contributed by atoms with Crippen molar-refractivity contribution >= 4 is 24.8 Å². The zero-order chi connectivity index (χ0) is 11.1. The van der Waals surface area contributed by atoms with Gasteiger partial charge in [0.1, 0.15) is 5.82 Å². The van der Waals surface area contributed by atoms with Gasteiger partial charge < -0.3 is 10.4 Å². The summed E-state index contributed by atoms with van der Waals surface area (Å²) in [6.45, 7) is 4.14. The maximum atomic E-state index is 12.9. The Balaban J connectivity index is 0.00000128. The van der Waals surface area contributed by atoms with Crippen LogP contribution in [-0.4, -0.2) is 21.7 Å². The largest absolute Gasteiger partial charge is 0.387 e. The number of hydrogen-bond acceptors (Lipinski definition) is 3. The third-order valence-electron chi connectivity index (χ3n) is 2.76. The number of pyridine rings is 1. The SMILES string of the molecule is CC1(C)CC([C@@H](O)c2cncc(F)c2)N1.Cl.Cl. The predicted octanol–water partition coefficient (Wildman–Crippen LogP) is 2.24. The summed E-state index contributed by atoms with van der Waals surface area (Å²) in [5.41, 5.74) is 0.606. The molecule has 1 aliphatic heterocycles. The predicted molar refractivity (Wildman–Crippen MR) is 69.3 cm³/mol. The molecule has 1 saturated heterocycles. The average Bonchev–Trinajstić information content (AvgIpc) is 2.13. The van der Waals surface area contributed by atoms with Crippen molar-refractivity contribution in [1.29, 1.82) is 0 Å². The minimum absolute atomic E-state index is 0. The molecule has 2 heterocycles. The van der Waals surface area contributed by atoms with Crippen molar-refractivity contribution in [2.24, 2.45) is 0 Å². The lowest BCUT2D eigenvalue weighted by Crippen LogP contribution is -2.61. The third kappa shape index (κ3) is 3.78. The molecule has 0 spiro atoms. The molecule has 0 radical (unpaired) electrons. The summed E-state index contributed by atoms with van der Waals surface area (Å²) in [5, 5.41) is 13.2. The molecule has 3 nitrogen and oxygen atoms in total. The van der Waals surface area contributed by atoms with Gasteiger partial charge in [0, 0.05) is 23.3 Å². The summed E-state index contributed by atoms with van der Waals surface area (Å²) >= 11 is 0. The van der Waals surface area contributed by atoms with Crippen molar-refractivity contribution in [2.75, 3.05) is 0 Å². The molecule has 6 heteroatoms. The molecule has 1 unspecified atom stereocenters. The fourth-order valence-corrected chi connectivity index (χ4v) is 2.04. The third-order valence-corrected chi connectivity index (χ3v) is 2.76. The van der Waals surface area contributed by atoms with Crippen LogP contribution in [0.5, 0.6) is 0 Å². The van der Waals surface area contributed by atoms with Crippen molar-refractivity contribution < 1.29 is 9.50 Å². The van der Waals surface area contributed by atoms with Gasteiger partial charge in [-0.3, -0.25) is 4.98 Å². The quantitative estimate of drug-likeness (QED) is 0.875. The van der Waals surface area contributed by atoms with Gasteiger partial charge in [-0.15, -0.1) is 24.8 Å². The number of nitrogens with zero attached hydrogens (tertiary/aromatic N) is 1. The molecule has 1 aromatic rings. The smallest absolute Gasteiger partial charge is 0.141 e. The van der Waals surface area contributed by atoms with Crippen LogP contribution in [0.4, 0.5) is 4.39 Å². The Morgan fingerprint density at radius 2 is 2.06 bits per heavy atom. The number of rotatable bonds is 2. The summed E-state index contributed by atoms with van der Waals surface area (Å²) in [6, 6.07) is 1.33. The molecular weight excluding hydrogens is 266 g/mol. The van der Waals surface area contributed by atoms with Gasteiger partial charge in [-0.25, -0.2) is 4.39 Å². The van der Waals surface area contributed by atoms with Crippen molar-refractivity contribution in [2.45, 2.75) is 38.0 Å². The monoisotopic (exact) mass is 282 g/mol. The molecule has 0 aromatic carbocycles. The van der Waals surface area contributed by atoms with Crippen molar-refractivity contribution in [3.05, 3.63) is 29.8 Å². The number of aromatic nitrogens is 1. The summed E-state index contributed by atoms with van der Waals surface area (Å²) < 4.78 is 12.9. The molecule has 2 rings (SSSR count). The molecular formula is C11H17Cl2FN2O. The molecule has 2 N–H and O–H groups in total. The lowest BCUT2D eigenvalue weighted by Gasteiger charge is -2.46. The van der Waals surface area contributed by atoms with Crippen LogP contribution in [0.1, 0.15) is 31.9 Å². The van der Waals surface area contributed by atoms with E-state index in [1.54, 1.807) is 0 Å². The highest BCUT2D eigenvalue weighted by Crippen LogP contribution is 2.31. The summed E-state index contributed by atoms with van der Waals surface area (Å²) in [5.74, 6) is -0.412. The zero-order valence-corrected chi connectivity index (χ0v) is 11.3. The highest BCUT2D eigenvalue weighted by molar-refractivity contribution is 5.85. The molecule has 0 bridgehead atoms. The van der Waals surface area contributed by atoms with Crippen LogP contribution in [0.3, 0.4) is 0 Å². The van der Waals surface area contributed by atoms with Crippen LogP contribution < -0.4 is 5.32 Å². The van der Waals surface area contributed by atoms with Crippen LogP contribution in [0.25, 0.3) is 0 Å². The van der Waals surface area contributed by atoms with Crippen LogP contribution in [0.15, 0.2) is 18.5 Å². The van der Waals surface area contributed by atoms with Crippen LogP contribution in [0, 0.1) is 5.82 Å². The van der Waals surface area contributed by atoms with Gasteiger partial charge in [0.05, 0.1) is 12.3 Å². The van der Waals surface area contributed by atoms with Gasteiger partial charge >= 0.3 is 0 Å². The van der Waals surface area contributed by atoms with Crippen LogP contribution in [0.2, 0.25) is 0 Å². The summed E-state index contributed by atoms with van der Waals surface area (Å²) in [4.78, 5) is 3.72. The minimum Gasteiger partial charge on any atom is -0.387 e. The van der Waals surface area contributed by atoms with E-state index in [-0.39, 0.29) is 36.4 Å². The lowest BCUT2D eigenvalue weighted by atomic mass is 9.81. The molecule has 1 aromatic heterocycles. The Morgan fingerprint density at radius 3 is 2.53 bits per heavy atom. The Bertz CT molecular complexity index is 368. The highest BCUT2D eigenvalue weighted by Gasteiger charge is 2.39. The van der Waals surface area contributed by atoms with Gasteiger partial charge in [0.2, 0.25) is 0 Å². The van der Waals surface area contributed by atoms with Gasteiger partial charge in [0.25, 0.3) is 0 Å². The Kier molecular flexibility index (Phi) is 5.81. The molecule has 0 aliphatic carbocycles. The first-order valence-corrected chi connectivity index (χ1v) is 5.04. The fourth-order valence-electron chi connectivity index (χ4n) is 2.04. The Labute approximate surface area is 113 Å². The molecule has 98 valence electrons. The highest BCUT2D eigenvalue weighted by atomic mass is 35.5. The van der Waals surface area contributed by atoms with Gasteiger partial charge in [-0.2, -0.15) is 0 Å². The van der Waals surface area contributed by atoms with E-state index in [1.165, 1.54) is 12.3 Å². The second-order valence-corrected chi connectivity index (χ2v) is 4.72. The first-order valence-electron chi connectivity index (χ1n) is 5.04. The number of aliphatic hydroxyl groups is 1. The van der Waals surface area contributed by atoms with Crippen molar-refractivity contribution in [1.82, 2.24) is 10.3 Å². The van der Waals surface area contributed by atoms with Crippen LogP contribution >= 0.6 is 24.8 Å².